The molecule has 3 saturated heterocycles. The molecule has 30 heavy (non-hydrogen) atoms. The molecule has 8 nitrogen and oxygen atoms in total. The summed E-state index contributed by atoms with van der Waals surface area (Å²) in [5, 5.41) is 15.8. The number of nitrogens with zero attached hydrogens (tertiary/aromatic N) is 1. The number of rotatable bonds is 8. The molecule has 4 unspecified atom stereocenters. The first-order chi connectivity index (χ1) is 14.1. The van der Waals surface area contributed by atoms with Gasteiger partial charge in [-0.25, -0.2) is 0 Å². The zero-order valence-corrected chi connectivity index (χ0v) is 19.9. The molecule has 3 aliphatic rings. The van der Waals surface area contributed by atoms with Gasteiger partial charge in [-0.1, -0.05) is 43.1 Å². The van der Waals surface area contributed by atoms with Gasteiger partial charge in [0.25, 0.3) is 0 Å². The normalized spacial score (nSPS) is 36.7. The van der Waals surface area contributed by atoms with Crippen LogP contribution in [0.1, 0.15) is 47.0 Å². The summed E-state index contributed by atoms with van der Waals surface area (Å²) in [5.41, 5.74) is -1.08. The van der Waals surface area contributed by atoms with Crippen LogP contribution in [0.2, 0.25) is 0 Å². The lowest BCUT2D eigenvalue weighted by atomic mass is 9.70. The number of aliphatic hydroxyl groups excluding tert-OH is 1. The zero-order valence-electron chi connectivity index (χ0n) is 18.4. The van der Waals surface area contributed by atoms with Gasteiger partial charge in [0.05, 0.1) is 30.6 Å². The number of amides is 3. The largest absolute Gasteiger partial charge is 0.394 e. The number of ether oxygens (including phenoxy) is 1. The molecule has 1 spiro atoms. The zero-order chi connectivity index (χ0) is 22.4. The topological polar surface area (TPSA) is 108 Å². The second kappa shape index (κ2) is 8.74. The van der Waals surface area contributed by atoms with Crippen LogP contribution < -0.4 is 10.6 Å². The average Bonchev–Trinajstić information content (AvgIpc) is 3.26. The highest BCUT2D eigenvalue weighted by Gasteiger charge is 2.77. The molecule has 8 atom stereocenters. The number of alkyl halides is 1. The fourth-order valence-electron chi connectivity index (χ4n) is 5.64. The van der Waals surface area contributed by atoms with E-state index in [2.05, 4.69) is 26.6 Å². The Bertz CT molecular complexity index is 704. The lowest BCUT2D eigenvalue weighted by molar-refractivity contribution is -0.147. The van der Waals surface area contributed by atoms with E-state index in [9.17, 15) is 19.5 Å². The van der Waals surface area contributed by atoms with E-state index >= 15 is 0 Å². The van der Waals surface area contributed by atoms with E-state index in [-0.39, 0.29) is 41.1 Å². The van der Waals surface area contributed by atoms with Gasteiger partial charge < -0.3 is 25.4 Å². The van der Waals surface area contributed by atoms with Gasteiger partial charge in [-0.15, -0.1) is 0 Å². The standard InChI is InChI=1S/C21H34BrN3O5/c1-6-7-11(4)24-19(28)17-21-8-12(22)16(30-21)14(18(27)23-5)15(21)20(29)25(17)13(9-26)10(2)3/h10-17,26H,6-9H2,1-5H3,(H,23,27)(H,24,28)/t11?,12?,13-,14+,15-,16+,17?,21?/m0/s1. The molecule has 170 valence electrons. The SMILES string of the molecule is CCCC(C)NC(=O)C1N([C@@H](CO)C(C)C)C(=O)[C@@H]2[C@@H](C(=O)NC)[C@@H]3OC12CC3Br. The molecule has 3 heterocycles. The number of aliphatic hydroxyl groups is 1. The minimum Gasteiger partial charge on any atom is -0.394 e. The molecule has 3 amide bonds. The van der Waals surface area contributed by atoms with Crippen LogP contribution >= 0.6 is 15.9 Å². The molecule has 0 aromatic carbocycles. The van der Waals surface area contributed by atoms with Crippen molar-refractivity contribution < 1.29 is 24.2 Å². The van der Waals surface area contributed by atoms with Crippen molar-refractivity contribution in [3.05, 3.63) is 0 Å². The van der Waals surface area contributed by atoms with Gasteiger partial charge in [0, 0.05) is 17.9 Å². The van der Waals surface area contributed by atoms with E-state index in [0.29, 0.717) is 6.42 Å². The predicted molar refractivity (Wildman–Crippen MR) is 115 cm³/mol. The van der Waals surface area contributed by atoms with E-state index < -0.39 is 35.6 Å². The van der Waals surface area contributed by atoms with Gasteiger partial charge in [0.15, 0.2) is 0 Å². The van der Waals surface area contributed by atoms with Crippen LogP contribution in [0.4, 0.5) is 0 Å². The van der Waals surface area contributed by atoms with E-state index in [1.54, 1.807) is 7.05 Å². The van der Waals surface area contributed by atoms with Crippen LogP contribution in [0.3, 0.4) is 0 Å². The van der Waals surface area contributed by atoms with Crippen molar-refractivity contribution in [2.75, 3.05) is 13.7 Å². The molecule has 0 aromatic rings. The van der Waals surface area contributed by atoms with Crippen LogP contribution in [0.25, 0.3) is 0 Å². The molecule has 3 rings (SSSR count). The maximum absolute atomic E-state index is 13.7. The first-order valence-corrected chi connectivity index (χ1v) is 11.8. The number of carbonyl (C=O) groups is 3. The first-order valence-electron chi connectivity index (χ1n) is 10.9. The van der Waals surface area contributed by atoms with Gasteiger partial charge in [-0.3, -0.25) is 14.4 Å². The third-order valence-electron chi connectivity index (χ3n) is 6.95. The Labute approximate surface area is 186 Å². The maximum Gasteiger partial charge on any atom is 0.246 e. The molecular weight excluding hydrogens is 454 g/mol. The molecule has 3 aliphatic heterocycles. The molecule has 0 aromatic heterocycles. The summed E-state index contributed by atoms with van der Waals surface area (Å²) in [4.78, 5) is 41.3. The smallest absolute Gasteiger partial charge is 0.246 e. The molecule has 0 radical (unpaired) electrons. The summed E-state index contributed by atoms with van der Waals surface area (Å²) in [6.45, 7) is 7.56. The van der Waals surface area contributed by atoms with Gasteiger partial charge in [-0.2, -0.15) is 0 Å². The summed E-state index contributed by atoms with van der Waals surface area (Å²) in [6.07, 6.45) is 1.75. The van der Waals surface area contributed by atoms with Crippen molar-refractivity contribution in [1.82, 2.24) is 15.5 Å². The van der Waals surface area contributed by atoms with Gasteiger partial charge in [-0.05, 0) is 25.7 Å². The number of halogens is 1. The molecule has 0 saturated carbocycles. The minimum atomic E-state index is -1.08. The highest BCUT2D eigenvalue weighted by molar-refractivity contribution is 9.09. The van der Waals surface area contributed by atoms with E-state index in [4.69, 9.17) is 4.74 Å². The highest BCUT2D eigenvalue weighted by Crippen LogP contribution is 2.60. The first kappa shape index (κ1) is 23.5. The Morgan fingerprint density at radius 2 is 2.00 bits per heavy atom. The Balaban J connectivity index is 2.07. The third-order valence-corrected chi connectivity index (χ3v) is 7.79. The van der Waals surface area contributed by atoms with Crippen molar-refractivity contribution in [2.45, 2.75) is 81.6 Å². The Morgan fingerprint density at radius 1 is 1.33 bits per heavy atom. The summed E-state index contributed by atoms with van der Waals surface area (Å²) >= 11 is 3.62. The van der Waals surface area contributed by atoms with E-state index in [1.807, 2.05) is 27.7 Å². The third kappa shape index (κ3) is 3.46. The fraction of sp³-hybridized carbons (Fsp3) is 0.857. The van der Waals surface area contributed by atoms with Crippen LogP contribution in [0, 0.1) is 17.8 Å². The van der Waals surface area contributed by atoms with Gasteiger partial charge in [0.2, 0.25) is 17.7 Å². The quantitative estimate of drug-likeness (QED) is 0.439. The molecule has 9 heteroatoms. The van der Waals surface area contributed by atoms with Crippen molar-refractivity contribution in [3.63, 3.8) is 0 Å². The molecule has 3 N–H and O–H groups in total. The van der Waals surface area contributed by atoms with Crippen LogP contribution in [0.15, 0.2) is 0 Å². The summed E-state index contributed by atoms with van der Waals surface area (Å²) in [7, 11) is 1.54. The van der Waals surface area contributed by atoms with Crippen LogP contribution in [0.5, 0.6) is 0 Å². The van der Waals surface area contributed by atoms with Gasteiger partial charge >= 0.3 is 0 Å². The Morgan fingerprint density at radius 3 is 2.53 bits per heavy atom. The summed E-state index contributed by atoms with van der Waals surface area (Å²) < 4.78 is 6.37. The van der Waals surface area contributed by atoms with Crippen molar-refractivity contribution in [2.24, 2.45) is 17.8 Å². The summed E-state index contributed by atoms with van der Waals surface area (Å²) in [6, 6.07) is -1.46. The highest BCUT2D eigenvalue weighted by atomic mass is 79.9. The number of hydrogen-bond acceptors (Lipinski definition) is 5. The molecule has 2 bridgehead atoms. The predicted octanol–water partition coefficient (Wildman–Crippen LogP) is 0.802. The molecule has 3 fully saturated rings. The van der Waals surface area contributed by atoms with E-state index in [0.717, 1.165) is 12.8 Å². The fourth-order valence-corrected chi connectivity index (χ4v) is 6.58. The van der Waals surface area contributed by atoms with Crippen molar-refractivity contribution in [3.8, 4) is 0 Å². The average molecular weight is 488 g/mol. The lowest BCUT2D eigenvalue weighted by Crippen LogP contribution is -2.60. The van der Waals surface area contributed by atoms with Crippen molar-refractivity contribution >= 4 is 33.7 Å². The number of nitrogens with one attached hydrogen (secondary N) is 2. The number of likely N-dealkylation sites (tertiary alicyclic amines) is 1. The number of carbonyl (C=O) groups excluding carboxylic acids is 3. The monoisotopic (exact) mass is 487 g/mol. The number of hydrogen-bond donors (Lipinski definition) is 3. The minimum absolute atomic E-state index is 0.0466. The lowest BCUT2D eigenvalue weighted by Gasteiger charge is -2.38. The van der Waals surface area contributed by atoms with Crippen LogP contribution in [-0.2, 0) is 19.1 Å². The Hall–Kier alpha value is -1.19. The maximum atomic E-state index is 13.7. The van der Waals surface area contributed by atoms with E-state index in [1.165, 1.54) is 4.90 Å². The summed E-state index contributed by atoms with van der Waals surface area (Å²) in [5.74, 6) is -2.27. The molecular formula is C21H34BrN3O5. The second-order valence-corrected chi connectivity index (χ2v) is 10.4. The Kier molecular flexibility index (Phi) is 6.84. The van der Waals surface area contributed by atoms with Gasteiger partial charge in [0.1, 0.15) is 11.6 Å². The van der Waals surface area contributed by atoms with Crippen molar-refractivity contribution in [1.29, 1.82) is 0 Å². The number of fused-ring (bicyclic) bond motifs is 1. The second-order valence-electron chi connectivity index (χ2n) is 9.22. The molecule has 0 aliphatic carbocycles. The van der Waals surface area contributed by atoms with Crippen LogP contribution in [-0.4, -0.2) is 76.0 Å².